The van der Waals surface area contributed by atoms with Crippen LogP contribution in [0, 0.1) is 46.3 Å². The van der Waals surface area contributed by atoms with Gasteiger partial charge in [0.25, 0.3) is 0 Å². The van der Waals surface area contributed by atoms with Crippen molar-refractivity contribution in [1.29, 1.82) is 0 Å². The van der Waals surface area contributed by atoms with Gasteiger partial charge in [-0.25, -0.2) is 0 Å². The minimum atomic E-state index is 0.434. The topological polar surface area (TPSA) is 38.5 Å². The van der Waals surface area contributed by atoms with Crippen LogP contribution in [0.3, 0.4) is 0 Å². The lowest BCUT2D eigenvalue weighted by Gasteiger charge is -2.58. The molecule has 3 nitrogen and oxygen atoms in total. The van der Waals surface area contributed by atoms with Crippen molar-refractivity contribution in [3.8, 4) is 0 Å². The van der Waals surface area contributed by atoms with E-state index in [1.165, 1.54) is 64.3 Å². The number of ether oxygens (including phenoxy) is 1. The van der Waals surface area contributed by atoms with Crippen LogP contribution in [0.1, 0.15) is 91.9 Å². The molecule has 33 heavy (non-hydrogen) atoms. The number of rotatable bonds is 4. The van der Waals surface area contributed by atoms with Gasteiger partial charge in [0.15, 0.2) is 0 Å². The van der Waals surface area contributed by atoms with Gasteiger partial charge in [-0.15, -0.1) is 0 Å². The Morgan fingerprint density at radius 3 is 2.73 bits per heavy atom. The van der Waals surface area contributed by atoms with Crippen LogP contribution in [-0.2, 0) is 4.74 Å². The normalized spacial score (nSPS) is 53.5. The first-order valence-electron chi connectivity index (χ1n) is 14.6. The highest BCUT2D eigenvalue weighted by molar-refractivity contribution is 5.26. The predicted octanol–water partition coefficient (Wildman–Crippen LogP) is 6.03. The molecule has 0 spiro atoms. The molecule has 6 aliphatic rings. The Morgan fingerprint density at radius 2 is 1.91 bits per heavy atom. The van der Waals surface area contributed by atoms with Crippen molar-refractivity contribution in [3.05, 3.63) is 11.6 Å². The number of nitrogens with zero attached hydrogens (tertiary/aromatic N) is 1. The summed E-state index contributed by atoms with van der Waals surface area (Å²) in [6.45, 7) is 13.5. The first-order chi connectivity index (χ1) is 15.9. The van der Waals surface area contributed by atoms with Crippen LogP contribution in [0.2, 0.25) is 0 Å². The molecule has 3 saturated carbocycles. The van der Waals surface area contributed by atoms with Gasteiger partial charge in [0.05, 0.1) is 6.10 Å². The molecule has 0 radical (unpaired) electrons. The zero-order valence-electron chi connectivity index (χ0n) is 21.9. The second-order valence-corrected chi connectivity index (χ2v) is 13.8. The van der Waals surface area contributed by atoms with Gasteiger partial charge in [-0.1, -0.05) is 39.3 Å². The lowest BCUT2D eigenvalue weighted by Crippen LogP contribution is -2.51. The Labute approximate surface area is 203 Å². The number of fused-ring (bicyclic) bond motifs is 9. The summed E-state index contributed by atoms with van der Waals surface area (Å²) in [5.74, 6) is 5.53. The van der Waals surface area contributed by atoms with Crippen LogP contribution in [-0.4, -0.2) is 42.8 Å². The molecule has 6 rings (SSSR count). The minimum absolute atomic E-state index is 0.434. The van der Waals surface area contributed by atoms with Gasteiger partial charge >= 0.3 is 0 Å². The largest absolute Gasteiger partial charge is 0.378 e. The molecule has 2 aliphatic heterocycles. The summed E-state index contributed by atoms with van der Waals surface area (Å²) in [6, 6.07) is 1.77. The summed E-state index contributed by atoms with van der Waals surface area (Å²) in [7, 11) is 0. The molecule has 2 heterocycles. The lowest BCUT2D eigenvalue weighted by molar-refractivity contribution is -0.0640. The Kier molecular flexibility index (Phi) is 5.82. The molecule has 2 N–H and O–H groups in total. The quantitative estimate of drug-likeness (QED) is 0.416. The molecule has 186 valence electrons. The molecule has 7 unspecified atom stereocenters. The average molecular weight is 455 g/mol. The Bertz CT molecular complexity index is 779. The van der Waals surface area contributed by atoms with Gasteiger partial charge in [0.2, 0.25) is 0 Å². The van der Waals surface area contributed by atoms with E-state index in [0.717, 1.165) is 67.2 Å². The summed E-state index contributed by atoms with van der Waals surface area (Å²) < 4.78 is 6.23. The highest BCUT2D eigenvalue weighted by Gasteiger charge is 2.66. The zero-order chi connectivity index (χ0) is 23.0. The zero-order valence-corrected chi connectivity index (χ0v) is 21.9. The third-order valence-electron chi connectivity index (χ3n) is 12.4. The van der Waals surface area contributed by atoms with Crippen molar-refractivity contribution < 1.29 is 4.74 Å². The maximum Gasteiger partial charge on any atom is 0.0612 e. The molecular weight excluding hydrogens is 404 g/mol. The second kappa shape index (κ2) is 8.34. The van der Waals surface area contributed by atoms with E-state index in [1.54, 1.807) is 5.57 Å². The van der Waals surface area contributed by atoms with Crippen LogP contribution in [0.4, 0.5) is 0 Å². The monoisotopic (exact) mass is 454 g/mol. The molecule has 0 amide bonds. The summed E-state index contributed by atoms with van der Waals surface area (Å²) in [6.07, 6.45) is 16.6. The lowest BCUT2D eigenvalue weighted by atomic mass is 9.47. The molecule has 11 atom stereocenters. The first kappa shape index (κ1) is 23.0. The van der Waals surface area contributed by atoms with E-state index in [4.69, 9.17) is 10.5 Å². The fraction of sp³-hybridized carbons (Fsp3) is 0.933. The van der Waals surface area contributed by atoms with E-state index in [0.29, 0.717) is 16.9 Å². The van der Waals surface area contributed by atoms with Crippen molar-refractivity contribution in [2.24, 2.45) is 52.1 Å². The summed E-state index contributed by atoms with van der Waals surface area (Å²) in [5, 5.41) is 0. The highest BCUT2D eigenvalue weighted by atomic mass is 16.5. The molecule has 5 fully saturated rings. The molecule has 3 heteroatoms. The van der Waals surface area contributed by atoms with Crippen LogP contribution in [0.5, 0.6) is 0 Å². The minimum Gasteiger partial charge on any atom is -0.378 e. The van der Waals surface area contributed by atoms with Crippen LogP contribution >= 0.6 is 0 Å². The third kappa shape index (κ3) is 3.38. The van der Waals surface area contributed by atoms with Crippen molar-refractivity contribution in [2.45, 2.75) is 110 Å². The molecule has 0 bridgehead atoms. The van der Waals surface area contributed by atoms with Crippen molar-refractivity contribution >= 4 is 0 Å². The van der Waals surface area contributed by atoms with E-state index in [2.05, 4.69) is 38.7 Å². The summed E-state index contributed by atoms with van der Waals surface area (Å²) in [4.78, 5) is 3.04. The number of allylic oxidation sites excluding steroid dienone is 1. The number of hydrogen-bond acceptors (Lipinski definition) is 3. The Morgan fingerprint density at radius 1 is 1.06 bits per heavy atom. The van der Waals surface area contributed by atoms with Crippen molar-refractivity contribution in [1.82, 2.24) is 4.90 Å². The van der Waals surface area contributed by atoms with Gasteiger partial charge in [0, 0.05) is 25.2 Å². The van der Waals surface area contributed by atoms with E-state index in [9.17, 15) is 0 Å². The standard InChI is InChI=1S/C30H50N2O/c1-19-6-9-26-20(2)28-27(32(26)18-19)17-25-23-8-7-21-16-22(33-15-5-14-31)10-12-29(21,3)24(23)11-13-30(25,28)4/h7,19-20,22-28H,5-6,8-18,31H2,1-4H3/t19?,20-,22+,23?,24?,25?,26?,27?,28?,29+,30+/m1/s1. The number of nitrogens with two attached hydrogens (primary N) is 1. The number of hydrogen-bond donors (Lipinski definition) is 1. The third-order valence-corrected chi connectivity index (χ3v) is 12.4. The van der Waals surface area contributed by atoms with Crippen molar-refractivity contribution in [3.63, 3.8) is 0 Å². The van der Waals surface area contributed by atoms with Gasteiger partial charge in [-0.3, -0.25) is 4.90 Å². The van der Waals surface area contributed by atoms with Crippen molar-refractivity contribution in [2.75, 3.05) is 19.7 Å². The summed E-state index contributed by atoms with van der Waals surface area (Å²) in [5.41, 5.74) is 8.46. The second-order valence-electron chi connectivity index (χ2n) is 13.8. The van der Waals surface area contributed by atoms with Gasteiger partial charge < -0.3 is 10.5 Å². The first-order valence-corrected chi connectivity index (χ1v) is 14.6. The molecule has 0 aromatic heterocycles. The molecular formula is C30H50N2O. The Hall–Kier alpha value is -0.380. The number of piperidine rings is 1. The molecule has 0 aromatic rings. The van der Waals surface area contributed by atoms with Gasteiger partial charge in [0.1, 0.15) is 0 Å². The summed E-state index contributed by atoms with van der Waals surface area (Å²) >= 11 is 0. The van der Waals surface area contributed by atoms with Crippen LogP contribution < -0.4 is 5.73 Å². The molecule has 2 saturated heterocycles. The van der Waals surface area contributed by atoms with Crippen LogP contribution in [0.25, 0.3) is 0 Å². The highest BCUT2D eigenvalue weighted by Crippen LogP contribution is 2.69. The SMILES string of the molecule is CC1CCC2[C@@H](C)C3C(CC4C5CC=C6C[C@@H](OCCCN)CC[C@]6(C)C5CC[C@@]43C)N2C1. The Balaban J connectivity index is 1.23. The van der Waals surface area contributed by atoms with Gasteiger partial charge in [-0.2, -0.15) is 0 Å². The smallest absolute Gasteiger partial charge is 0.0612 e. The van der Waals surface area contributed by atoms with E-state index < -0.39 is 0 Å². The van der Waals surface area contributed by atoms with E-state index in [1.807, 2.05) is 0 Å². The molecule has 4 aliphatic carbocycles. The average Bonchev–Trinajstić information content (AvgIpc) is 3.26. The maximum absolute atomic E-state index is 6.23. The fourth-order valence-electron chi connectivity index (χ4n) is 10.8. The molecule has 0 aromatic carbocycles. The fourth-order valence-corrected chi connectivity index (χ4v) is 10.8. The van der Waals surface area contributed by atoms with Gasteiger partial charge in [-0.05, 0) is 117 Å². The predicted molar refractivity (Wildman–Crippen MR) is 136 cm³/mol. The van der Waals surface area contributed by atoms with E-state index >= 15 is 0 Å². The van der Waals surface area contributed by atoms with Crippen LogP contribution in [0.15, 0.2) is 11.6 Å². The van der Waals surface area contributed by atoms with E-state index in [-0.39, 0.29) is 0 Å². The maximum atomic E-state index is 6.23.